The third-order valence-corrected chi connectivity index (χ3v) is 18.3. The molecule has 0 aromatic carbocycles. The van der Waals surface area contributed by atoms with Crippen LogP contribution >= 0.6 is 0 Å². The molecule has 498 valence electrons. The van der Waals surface area contributed by atoms with Crippen LogP contribution in [0.25, 0.3) is 0 Å². The van der Waals surface area contributed by atoms with E-state index in [0.29, 0.717) is 25.9 Å². The highest BCUT2D eigenvalue weighted by Gasteiger charge is 2.20. The van der Waals surface area contributed by atoms with Crippen molar-refractivity contribution >= 4 is 11.9 Å². The number of esters is 1. The summed E-state index contributed by atoms with van der Waals surface area (Å²) in [6.45, 7) is 4.97. The number of aliphatic hydroxyl groups excluding tert-OH is 2. The van der Waals surface area contributed by atoms with E-state index in [1.807, 2.05) is 0 Å². The molecule has 0 spiro atoms. The first-order valence-electron chi connectivity index (χ1n) is 38.6. The van der Waals surface area contributed by atoms with Gasteiger partial charge in [-0.25, -0.2) is 0 Å². The first-order chi connectivity index (χ1) is 41.5. The number of hydrogen-bond donors (Lipinski definition) is 3. The molecule has 2 unspecified atom stereocenters. The van der Waals surface area contributed by atoms with Crippen LogP contribution in [0, 0.1) is 0 Å². The van der Waals surface area contributed by atoms with Crippen LogP contribution in [0.15, 0.2) is 24.3 Å². The normalized spacial score (nSPS) is 12.6. The van der Waals surface area contributed by atoms with Gasteiger partial charge in [0, 0.05) is 12.8 Å². The van der Waals surface area contributed by atoms with Gasteiger partial charge in [0.05, 0.1) is 25.4 Å². The smallest absolute Gasteiger partial charge is 0.305 e. The number of amides is 1. The molecule has 6 heteroatoms. The van der Waals surface area contributed by atoms with Crippen molar-refractivity contribution in [1.82, 2.24) is 5.32 Å². The minimum Gasteiger partial charge on any atom is -0.466 e. The van der Waals surface area contributed by atoms with Crippen molar-refractivity contribution in [3.63, 3.8) is 0 Å². The highest BCUT2D eigenvalue weighted by Crippen LogP contribution is 2.20. The van der Waals surface area contributed by atoms with Gasteiger partial charge in [0.25, 0.3) is 0 Å². The lowest BCUT2D eigenvalue weighted by Crippen LogP contribution is -2.45. The van der Waals surface area contributed by atoms with Crippen LogP contribution in [-0.4, -0.2) is 47.4 Å². The first-order valence-corrected chi connectivity index (χ1v) is 38.6. The highest BCUT2D eigenvalue weighted by atomic mass is 16.5. The molecule has 0 radical (unpaired) electrons. The van der Waals surface area contributed by atoms with Gasteiger partial charge in [0.15, 0.2) is 0 Å². The summed E-state index contributed by atoms with van der Waals surface area (Å²) in [5, 5.41) is 23.4. The molecule has 6 nitrogen and oxygen atoms in total. The molecule has 0 heterocycles. The summed E-state index contributed by atoms with van der Waals surface area (Å²) in [5.41, 5.74) is 0. The maximum absolute atomic E-state index is 12.5. The van der Waals surface area contributed by atoms with E-state index in [-0.39, 0.29) is 18.5 Å². The highest BCUT2D eigenvalue weighted by molar-refractivity contribution is 5.76. The molecule has 0 aromatic rings. The molecule has 1 amide bonds. The number of rotatable bonds is 73. The van der Waals surface area contributed by atoms with E-state index in [4.69, 9.17) is 4.74 Å². The number of carbonyl (C=O) groups is 2. The Kier molecular flexibility index (Phi) is 72.3. The van der Waals surface area contributed by atoms with Crippen LogP contribution in [0.3, 0.4) is 0 Å². The summed E-state index contributed by atoms with van der Waals surface area (Å²) in [4.78, 5) is 24.6. The number of unbranched alkanes of at least 4 members (excludes halogenated alkanes) is 58. The minimum atomic E-state index is -0.661. The molecule has 0 rings (SSSR count). The summed E-state index contributed by atoms with van der Waals surface area (Å²) >= 11 is 0. The zero-order valence-corrected chi connectivity index (χ0v) is 57.2. The van der Waals surface area contributed by atoms with Gasteiger partial charge in [0.2, 0.25) is 5.91 Å². The van der Waals surface area contributed by atoms with E-state index in [0.717, 1.165) is 51.4 Å². The van der Waals surface area contributed by atoms with Crippen LogP contribution in [0.4, 0.5) is 0 Å². The molecule has 0 saturated carbocycles. The van der Waals surface area contributed by atoms with Crippen molar-refractivity contribution < 1.29 is 24.5 Å². The number of nitrogens with one attached hydrogen (secondary N) is 1. The molecule has 0 fully saturated rings. The largest absolute Gasteiger partial charge is 0.466 e. The van der Waals surface area contributed by atoms with Gasteiger partial charge in [-0.1, -0.05) is 391 Å². The molecule has 3 N–H and O–H groups in total. The summed E-state index contributed by atoms with van der Waals surface area (Å²) in [6.07, 6.45) is 94.0. The molecular weight excluding hydrogens is 1030 g/mol. The predicted octanol–water partition coefficient (Wildman–Crippen LogP) is 25.3. The molecule has 84 heavy (non-hydrogen) atoms. The number of allylic oxidation sites excluding steroid dienone is 4. The van der Waals surface area contributed by atoms with Crippen LogP contribution in [0.2, 0.25) is 0 Å². The van der Waals surface area contributed by atoms with Crippen molar-refractivity contribution in [2.45, 2.75) is 450 Å². The van der Waals surface area contributed by atoms with Gasteiger partial charge in [-0.15, -0.1) is 0 Å². The van der Waals surface area contributed by atoms with Crippen LogP contribution in [-0.2, 0) is 14.3 Å². The lowest BCUT2D eigenvalue weighted by Gasteiger charge is -2.22. The van der Waals surface area contributed by atoms with Crippen molar-refractivity contribution in [3.05, 3.63) is 24.3 Å². The summed E-state index contributed by atoms with van der Waals surface area (Å²) in [5.74, 6) is -0.0117. The van der Waals surface area contributed by atoms with E-state index in [1.54, 1.807) is 0 Å². The van der Waals surface area contributed by atoms with Gasteiger partial charge < -0.3 is 20.3 Å². The Balaban J connectivity index is 3.32. The topological polar surface area (TPSA) is 95.9 Å². The zero-order valence-electron chi connectivity index (χ0n) is 57.2. The van der Waals surface area contributed by atoms with E-state index >= 15 is 0 Å². The van der Waals surface area contributed by atoms with Crippen molar-refractivity contribution in [2.24, 2.45) is 0 Å². The summed E-state index contributed by atoms with van der Waals surface area (Å²) in [7, 11) is 0. The fourth-order valence-corrected chi connectivity index (χ4v) is 12.4. The molecule has 0 aliphatic carbocycles. The Morgan fingerprint density at radius 3 is 0.929 bits per heavy atom. The monoisotopic (exact) mass is 1180 g/mol. The van der Waals surface area contributed by atoms with E-state index in [1.165, 1.54) is 353 Å². The van der Waals surface area contributed by atoms with Gasteiger partial charge in [-0.3, -0.25) is 9.59 Å². The average Bonchev–Trinajstić information content (AvgIpc) is 3.51. The quantitative estimate of drug-likeness (QED) is 0.0320. The SMILES string of the molecule is CCCCC/C=C\C/C=C\CCCCCCCCCC(=O)OCCCCCCCCCCCCCCCCCCCCCCCCCCCCCCCCCCC(=O)NC(CO)C(O)CCCCCCCCCCCCCCCCCCCC. The van der Waals surface area contributed by atoms with Crippen LogP contribution in [0.1, 0.15) is 438 Å². The molecular formula is C78H151NO5. The molecule has 0 bridgehead atoms. The van der Waals surface area contributed by atoms with Crippen LogP contribution < -0.4 is 5.32 Å². The summed E-state index contributed by atoms with van der Waals surface area (Å²) in [6, 6.07) is -0.538. The average molecular weight is 1180 g/mol. The Labute approximate surface area is 526 Å². The Bertz CT molecular complexity index is 1320. The Hall–Kier alpha value is -1.66. The third kappa shape index (κ3) is 69.4. The van der Waals surface area contributed by atoms with Crippen molar-refractivity contribution in [1.29, 1.82) is 0 Å². The number of carbonyl (C=O) groups excluding carboxylic acids is 2. The van der Waals surface area contributed by atoms with Gasteiger partial charge in [-0.2, -0.15) is 0 Å². The van der Waals surface area contributed by atoms with E-state index in [2.05, 4.69) is 43.5 Å². The first kappa shape index (κ1) is 82.3. The third-order valence-electron chi connectivity index (χ3n) is 18.3. The molecule has 0 aliphatic rings. The number of hydrogen-bond acceptors (Lipinski definition) is 5. The van der Waals surface area contributed by atoms with E-state index in [9.17, 15) is 19.8 Å². The van der Waals surface area contributed by atoms with Crippen molar-refractivity contribution in [3.8, 4) is 0 Å². The molecule has 2 atom stereocenters. The Morgan fingerprint density at radius 2 is 0.595 bits per heavy atom. The lowest BCUT2D eigenvalue weighted by atomic mass is 10.0. The standard InChI is InChI=1S/C78H151NO5/c1-3-5-7-9-11-13-15-17-19-21-39-42-46-50-54-58-62-66-70-76(81)75(74-80)79-77(82)71-67-63-59-55-51-47-43-40-36-34-32-30-28-26-24-22-23-25-27-29-31-33-35-37-41-45-49-53-57-61-65-69-73-84-78(83)72-68-64-60-56-52-48-44-38-20-18-16-14-12-10-8-6-4-2/h12,14,18,20,75-76,80-81H,3-11,13,15-17,19,21-74H2,1-2H3,(H,79,82)/b14-12-,20-18-. The lowest BCUT2D eigenvalue weighted by molar-refractivity contribution is -0.143. The van der Waals surface area contributed by atoms with Crippen molar-refractivity contribution in [2.75, 3.05) is 13.2 Å². The molecule has 0 aliphatic heterocycles. The molecule has 0 saturated heterocycles. The maximum atomic E-state index is 12.5. The second kappa shape index (κ2) is 73.8. The van der Waals surface area contributed by atoms with E-state index < -0.39 is 12.1 Å². The Morgan fingerprint density at radius 1 is 0.333 bits per heavy atom. The number of aliphatic hydroxyl groups is 2. The fraction of sp³-hybridized carbons (Fsp3) is 0.923. The number of ether oxygens (including phenoxy) is 1. The second-order valence-corrected chi connectivity index (χ2v) is 26.7. The second-order valence-electron chi connectivity index (χ2n) is 26.7. The zero-order chi connectivity index (χ0) is 60.6. The van der Waals surface area contributed by atoms with Gasteiger partial charge in [-0.05, 0) is 57.8 Å². The van der Waals surface area contributed by atoms with Gasteiger partial charge in [0.1, 0.15) is 0 Å². The maximum Gasteiger partial charge on any atom is 0.305 e. The minimum absolute atomic E-state index is 0.0143. The van der Waals surface area contributed by atoms with Gasteiger partial charge >= 0.3 is 5.97 Å². The summed E-state index contributed by atoms with van der Waals surface area (Å²) < 4.78 is 5.51. The fourth-order valence-electron chi connectivity index (χ4n) is 12.4. The molecule has 0 aromatic heterocycles. The van der Waals surface area contributed by atoms with Crippen LogP contribution in [0.5, 0.6) is 0 Å². The predicted molar refractivity (Wildman–Crippen MR) is 370 cm³/mol.